The number of alkyl carbamates (subject to hydrolysis) is 1. The normalized spacial score (nSPS) is 26.3. The van der Waals surface area contributed by atoms with Gasteiger partial charge < -0.3 is 36.1 Å². The highest BCUT2D eigenvalue weighted by Crippen LogP contribution is 2.59. The van der Waals surface area contributed by atoms with Crippen LogP contribution in [0.4, 0.5) is 4.79 Å². The minimum absolute atomic E-state index is 0.168. The molecule has 2 aliphatic heterocycles. The number of nitrogens with two attached hydrogens (primary N) is 1. The van der Waals surface area contributed by atoms with Crippen LogP contribution in [0.25, 0.3) is 0 Å². The molecule has 4 aliphatic rings. The van der Waals surface area contributed by atoms with Crippen molar-refractivity contribution in [2.75, 3.05) is 19.8 Å². The third-order valence-electron chi connectivity index (χ3n) is 11.5. The Bertz CT molecular complexity index is 1310. The summed E-state index contributed by atoms with van der Waals surface area (Å²) in [5.74, 6) is -3.18. The predicted molar refractivity (Wildman–Crippen MR) is 182 cm³/mol. The molecule has 2 unspecified atom stereocenters. The molecule has 2 aliphatic carbocycles. The van der Waals surface area contributed by atoms with Crippen LogP contribution in [0, 0.1) is 22.2 Å². The van der Waals surface area contributed by atoms with Crippen molar-refractivity contribution in [1.29, 1.82) is 0 Å². The van der Waals surface area contributed by atoms with Gasteiger partial charge in [0.1, 0.15) is 23.2 Å². The molecular formula is C36H59N5O8. The van der Waals surface area contributed by atoms with Gasteiger partial charge in [-0.3, -0.25) is 24.0 Å². The number of hydrogen-bond donors (Lipinski definition) is 4. The molecule has 49 heavy (non-hydrogen) atoms. The monoisotopic (exact) mass is 689 g/mol. The molecule has 1 spiro atoms. The van der Waals surface area contributed by atoms with Gasteiger partial charge >= 0.3 is 6.09 Å². The lowest BCUT2D eigenvalue weighted by Gasteiger charge is -2.41. The van der Waals surface area contributed by atoms with Crippen molar-refractivity contribution < 1.29 is 38.2 Å². The van der Waals surface area contributed by atoms with Gasteiger partial charge in [0.15, 0.2) is 0 Å². The zero-order valence-electron chi connectivity index (χ0n) is 30.8. The number of primary amides is 1. The number of carbonyl (C=O) groups excluding carboxylic acids is 6. The Hall–Kier alpha value is -3.22. The number of amides is 5. The van der Waals surface area contributed by atoms with Crippen LogP contribution in [0.2, 0.25) is 0 Å². The van der Waals surface area contributed by atoms with E-state index in [1.54, 1.807) is 25.7 Å². The van der Waals surface area contributed by atoms with Gasteiger partial charge in [0.2, 0.25) is 23.5 Å². The third kappa shape index (κ3) is 8.57. The molecule has 5 amide bonds. The second-order valence-corrected chi connectivity index (χ2v) is 17.6. The van der Waals surface area contributed by atoms with Crippen molar-refractivity contribution in [3.63, 3.8) is 0 Å². The second kappa shape index (κ2) is 14.2. The molecule has 0 bridgehead atoms. The Morgan fingerprint density at radius 1 is 0.918 bits per heavy atom. The lowest BCUT2D eigenvalue weighted by molar-refractivity contribution is -0.146. The first-order chi connectivity index (χ1) is 22.6. The first-order valence-corrected chi connectivity index (χ1v) is 17.9. The van der Waals surface area contributed by atoms with Gasteiger partial charge in [-0.25, -0.2) is 4.79 Å². The lowest BCUT2D eigenvalue weighted by Crippen LogP contribution is -2.66. The zero-order valence-corrected chi connectivity index (χ0v) is 30.8. The number of hydrogen-bond acceptors (Lipinski definition) is 8. The smallest absolute Gasteiger partial charge is 0.408 e. The molecule has 13 nitrogen and oxygen atoms in total. The first-order valence-electron chi connectivity index (χ1n) is 17.9. The molecule has 0 aromatic heterocycles. The molecular weight excluding hydrogens is 630 g/mol. The van der Waals surface area contributed by atoms with E-state index in [4.69, 9.17) is 15.2 Å². The molecule has 2 heterocycles. The van der Waals surface area contributed by atoms with Gasteiger partial charge in [-0.2, -0.15) is 0 Å². The predicted octanol–water partition coefficient (Wildman–Crippen LogP) is 3.12. The standard InChI is InChI=1S/C36H59N5O8/c1-32(2,3)26(39-30(46)36(15-17-48-18-16-36)40-31(47)49-33(4,5)6)29(45)41-21-35(14-10-13-34(35,7)8)20-24(41)28(44)38-23(25(42)27(37)43)19-22-11-9-12-22/h22-24,26H,9-21H2,1-8H3,(H2,37,43)(H,38,44)(H,39,46)(H,40,47)/t23?,24-,26?,35-/m0/s1. The molecule has 4 atom stereocenters. The topological polar surface area (TPSA) is 186 Å². The number of Topliss-reactive ketones (excluding diaryl/α,β-unsaturated/α-hetero) is 1. The first kappa shape index (κ1) is 38.6. The summed E-state index contributed by atoms with van der Waals surface area (Å²) in [4.78, 5) is 82.5. The highest BCUT2D eigenvalue weighted by Gasteiger charge is 2.59. The molecule has 4 rings (SSSR count). The van der Waals surface area contributed by atoms with Gasteiger partial charge in [0.25, 0.3) is 5.91 Å². The van der Waals surface area contributed by atoms with E-state index in [1.807, 2.05) is 20.8 Å². The second-order valence-electron chi connectivity index (χ2n) is 17.6. The average molecular weight is 690 g/mol. The Labute approximate surface area is 290 Å². The van der Waals surface area contributed by atoms with Crippen molar-refractivity contribution in [3.05, 3.63) is 0 Å². The molecule has 0 aromatic rings. The van der Waals surface area contributed by atoms with Gasteiger partial charge in [-0.15, -0.1) is 0 Å². The van der Waals surface area contributed by atoms with Crippen LogP contribution in [0.5, 0.6) is 0 Å². The van der Waals surface area contributed by atoms with Crippen LogP contribution in [0.1, 0.15) is 120 Å². The maximum atomic E-state index is 14.8. The van der Waals surface area contributed by atoms with Crippen molar-refractivity contribution in [2.45, 2.75) is 149 Å². The van der Waals surface area contributed by atoms with E-state index in [9.17, 15) is 28.8 Å². The molecule has 0 radical (unpaired) electrons. The van der Waals surface area contributed by atoms with E-state index >= 15 is 0 Å². The number of carbonyl (C=O) groups is 6. The summed E-state index contributed by atoms with van der Waals surface area (Å²) in [6.07, 6.45) is 5.91. The van der Waals surface area contributed by atoms with Gasteiger partial charge in [0.05, 0.1) is 6.04 Å². The summed E-state index contributed by atoms with van der Waals surface area (Å²) in [6, 6.07) is -3.05. The summed E-state index contributed by atoms with van der Waals surface area (Å²) < 4.78 is 11.0. The number of ether oxygens (including phenoxy) is 2. The number of ketones is 1. The summed E-state index contributed by atoms with van der Waals surface area (Å²) in [5.41, 5.74) is 1.92. The SMILES string of the molecule is CC(C)(C)OC(=O)NC1(C(=O)NC(C(=O)N2C[C@]3(CCCC3(C)C)C[C@H]2C(=O)NC(CC2CCC2)C(=O)C(N)=O)C(C)(C)C)CCOCC1. The Morgan fingerprint density at radius 3 is 2.04 bits per heavy atom. The van der Waals surface area contributed by atoms with Gasteiger partial charge in [-0.1, -0.05) is 60.3 Å². The lowest BCUT2D eigenvalue weighted by atomic mass is 9.66. The van der Waals surface area contributed by atoms with Crippen LogP contribution in [0.3, 0.4) is 0 Å². The van der Waals surface area contributed by atoms with Crippen LogP contribution in [-0.2, 0) is 33.4 Å². The number of likely N-dealkylation sites (tertiary alicyclic amines) is 1. The quantitative estimate of drug-likeness (QED) is 0.252. The Balaban J connectivity index is 1.64. The van der Waals surface area contributed by atoms with Crippen LogP contribution < -0.4 is 21.7 Å². The molecule has 4 fully saturated rings. The van der Waals surface area contributed by atoms with Crippen LogP contribution >= 0.6 is 0 Å². The largest absolute Gasteiger partial charge is 0.444 e. The van der Waals surface area contributed by atoms with E-state index in [2.05, 4.69) is 29.8 Å². The Kier molecular flexibility index (Phi) is 11.2. The highest BCUT2D eigenvalue weighted by molar-refractivity contribution is 6.37. The summed E-state index contributed by atoms with van der Waals surface area (Å²) in [5, 5.41) is 8.60. The van der Waals surface area contributed by atoms with E-state index < -0.39 is 70.2 Å². The average Bonchev–Trinajstić information content (AvgIpc) is 3.49. The maximum absolute atomic E-state index is 14.8. The number of nitrogens with one attached hydrogen (secondary N) is 3. The fraction of sp³-hybridized carbons (Fsp3) is 0.833. The number of rotatable bonds is 10. The molecule has 276 valence electrons. The highest BCUT2D eigenvalue weighted by atomic mass is 16.6. The van der Waals surface area contributed by atoms with Gasteiger partial charge in [-0.05, 0) is 68.6 Å². The third-order valence-corrected chi connectivity index (χ3v) is 11.5. The summed E-state index contributed by atoms with van der Waals surface area (Å²) in [7, 11) is 0. The van der Waals surface area contributed by atoms with Crippen LogP contribution in [-0.4, -0.2) is 89.4 Å². The van der Waals surface area contributed by atoms with Crippen molar-refractivity contribution in [1.82, 2.24) is 20.9 Å². The molecule has 2 saturated heterocycles. The number of nitrogens with zero attached hydrogens (tertiary/aromatic N) is 1. The summed E-state index contributed by atoms with van der Waals surface area (Å²) in [6.45, 7) is 15.8. The summed E-state index contributed by atoms with van der Waals surface area (Å²) >= 11 is 0. The molecule has 2 saturated carbocycles. The minimum atomic E-state index is -1.37. The Morgan fingerprint density at radius 2 is 1.55 bits per heavy atom. The fourth-order valence-corrected chi connectivity index (χ4v) is 8.03. The van der Waals surface area contributed by atoms with E-state index in [-0.39, 0.29) is 42.8 Å². The molecule has 5 N–H and O–H groups in total. The van der Waals surface area contributed by atoms with E-state index in [0.717, 1.165) is 38.5 Å². The molecule has 13 heteroatoms. The van der Waals surface area contributed by atoms with E-state index in [1.165, 1.54) is 0 Å². The van der Waals surface area contributed by atoms with Crippen molar-refractivity contribution in [2.24, 2.45) is 27.9 Å². The van der Waals surface area contributed by atoms with E-state index in [0.29, 0.717) is 19.4 Å². The zero-order chi connectivity index (χ0) is 36.6. The van der Waals surface area contributed by atoms with Gasteiger partial charge in [0, 0.05) is 32.6 Å². The van der Waals surface area contributed by atoms with Crippen LogP contribution in [0.15, 0.2) is 0 Å². The van der Waals surface area contributed by atoms with Crippen molar-refractivity contribution >= 4 is 35.5 Å². The van der Waals surface area contributed by atoms with Crippen molar-refractivity contribution in [3.8, 4) is 0 Å². The fourth-order valence-electron chi connectivity index (χ4n) is 8.03. The maximum Gasteiger partial charge on any atom is 0.408 e. The molecule has 0 aromatic carbocycles. The minimum Gasteiger partial charge on any atom is -0.444 e.